The fraction of sp³-hybridized carbons (Fsp3) is 0.250. The van der Waals surface area contributed by atoms with Crippen LogP contribution in [0, 0.1) is 0 Å². The number of amides is 1. The van der Waals surface area contributed by atoms with Crippen LogP contribution >= 0.6 is 0 Å². The summed E-state index contributed by atoms with van der Waals surface area (Å²) in [6.45, 7) is 3.49. The molecule has 1 amide bonds. The summed E-state index contributed by atoms with van der Waals surface area (Å²) in [6.07, 6.45) is 1.46. The average molecular weight is 205 g/mol. The minimum absolute atomic E-state index is 0.0210. The number of carbonyl (C=O) groups excluding carboxylic acids is 1. The molecule has 1 aromatic carbocycles. The molecule has 1 aliphatic rings. The van der Waals surface area contributed by atoms with Crippen LogP contribution < -0.4 is 4.90 Å². The van der Waals surface area contributed by atoms with Gasteiger partial charge in [0.15, 0.2) is 0 Å². The van der Waals surface area contributed by atoms with Crippen molar-refractivity contribution in [3.8, 4) is 0 Å². The van der Waals surface area contributed by atoms with Gasteiger partial charge < -0.3 is 4.90 Å². The monoisotopic (exact) mass is 205 g/mol. The van der Waals surface area contributed by atoms with Gasteiger partial charge >= 0.3 is 0 Å². The van der Waals surface area contributed by atoms with Crippen molar-refractivity contribution in [3.05, 3.63) is 42.5 Å². The molecule has 2 nitrogen and oxygen atoms in total. The van der Waals surface area contributed by atoms with Gasteiger partial charge in [-0.1, -0.05) is 24.3 Å². The highest BCUT2D eigenvalue weighted by Crippen LogP contribution is 2.44. The van der Waals surface area contributed by atoms with Gasteiger partial charge in [-0.25, -0.2) is 4.39 Å². The number of benzene rings is 1. The first-order chi connectivity index (χ1) is 7.11. The van der Waals surface area contributed by atoms with Crippen LogP contribution in [0.25, 0.3) is 0 Å². The number of hydrogen-bond acceptors (Lipinski definition) is 1. The smallest absolute Gasteiger partial charge is 0.269 e. The number of alkyl halides is 1. The molecule has 0 aliphatic carbocycles. The van der Waals surface area contributed by atoms with Crippen LogP contribution in [0.15, 0.2) is 36.9 Å². The Morgan fingerprint density at radius 1 is 1.53 bits per heavy atom. The number of allylic oxidation sites excluding steroid dienone is 1. The molecule has 0 fully saturated rings. The lowest BCUT2D eigenvalue weighted by molar-refractivity contribution is -0.128. The molecule has 0 bridgehead atoms. The van der Waals surface area contributed by atoms with Crippen molar-refractivity contribution < 1.29 is 9.18 Å². The Labute approximate surface area is 88.0 Å². The van der Waals surface area contributed by atoms with Gasteiger partial charge in [0, 0.05) is 19.0 Å². The summed E-state index contributed by atoms with van der Waals surface area (Å²) in [5, 5.41) is 0. The van der Waals surface area contributed by atoms with Crippen molar-refractivity contribution in [3.63, 3.8) is 0 Å². The zero-order valence-electron chi connectivity index (χ0n) is 8.53. The fourth-order valence-corrected chi connectivity index (χ4v) is 1.99. The van der Waals surface area contributed by atoms with E-state index in [1.54, 1.807) is 31.3 Å². The van der Waals surface area contributed by atoms with E-state index in [4.69, 9.17) is 0 Å². The number of nitrogens with zero attached hydrogens (tertiary/aromatic N) is 1. The van der Waals surface area contributed by atoms with E-state index >= 15 is 0 Å². The number of hydrogen-bond donors (Lipinski definition) is 0. The summed E-state index contributed by atoms with van der Waals surface area (Å²) >= 11 is 0. The summed E-state index contributed by atoms with van der Waals surface area (Å²) in [7, 11) is 1.59. The normalized spacial score (nSPS) is 24.1. The molecule has 0 spiro atoms. The zero-order valence-corrected chi connectivity index (χ0v) is 8.53. The highest BCUT2D eigenvalue weighted by molar-refractivity contribution is 6.06. The van der Waals surface area contributed by atoms with Gasteiger partial charge in [-0.05, 0) is 6.07 Å². The molecule has 1 unspecified atom stereocenters. The highest BCUT2D eigenvalue weighted by Gasteiger charge is 2.49. The van der Waals surface area contributed by atoms with Crippen LogP contribution in [-0.4, -0.2) is 13.0 Å². The molecule has 1 atom stereocenters. The van der Waals surface area contributed by atoms with Crippen LogP contribution in [0.1, 0.15) is 12.0 Å². The first-order valence-corrected chi connectivity index (χ1v) is 4.78. The predicted molar refractivity (Wildman–Crippen MR) is 57.5 cm³/mol. The van der Waals surface area contributed by atoms with E-state index in [1.165, 1.54) is 11.0 Å². The van der Waals surface area contributed by atoms with Crippen molar-refractivity contribution in [1.82, 2.24) is 0 Å². The van der Waals surface area contributed by atoms with Gasteiger partial charge in [-0.15, -0.1) is 6.58 Å². The van der Waals surface area contributed by atoms with Crippen molar-refractivity contribution in [2.75, 3.05) is 11.9 Å². The Bertz CT molecular complexity index is 429. The lowest BCUT2D eigenvalue weighted by atomic mass is 9.94. The third kappa shape index (κ3) is 1.19. The second-order valence-electron chi connectivity index (χ2n) is 3.68. The van der Waals surface area contributed by atoms with Crippen molar-refractivity contribution in [1.29, 1.82) is 0 Å². The number of fused-ring (bicyclic) bond motifs is 1. The lowest BCUT2D eigenvalue weighted by Crippen LogP contribution is -2.34. The first-order valence-electron chi connectivity index (χ1n) is 4.78. The minimum atomic E-state index is -1.92. The fourth-order valence-electron chi connectivity index (χ4n) is 1.99. The zero-order chi connectivity index (χ0) is 11.1. The van der Waals surface area contributed by atoms with E-state index in [0.29, 0.717) is 11.3 Å². The highest BCUT2D eigenvalue weighted by atomic mass is 19.1. The van der Waals surface area contributed by atoms with Crippen LogP contribution in [0.4, 0.5) is 10.1 Å². The van der Waals surface area contributed by atoms with E-state index in [1.807, 2.05) is 0 Å². The van der Waals surface area contributed by atoms with Crippen molar-refractivity contribution >= 4 is 11.6 Å². The number of halogens is 1. The van der Waals surface area contributed by atoms with Gasteiger partial charge in [0.2, 0.25) is 5.67 Å². The third-order valence-electron chi connectivity index (χ3n) is 2.76. The number of likely N-dealkylation sites (N-methyl/N-ethyl adjacent to an activating group) is 1. The molecule has 2 rings (SSSR count). The topological polar surface area (TPSA) is 20.3 Å². The Hall–Kier alpha value is -1.64. The summed E-state index contributed by atoms with van der Waals surface area (Å²) in [5.74, 6) is -0.511. The Morgan fingerprint density at radius 3 is 2.87 bits per heavy atom. The maximum Gasteiger partial charge on any atom is 0.269 e. The minimum Gasteiger partial charge on any atom is -0.312 e. The predicted octanol–water partition coefficient (Wildman–Crippen LogP) is 2.40. The quantitative estimate of drug-likeness (QED) is 0.679. The van der Waals surface area contributed by atoms with E-state index in [2.05, 4.69) is 6.58 Å². The van der Waals surface area contributed by atoms with Crippen LogP contribution in [-0.2, 0) is 10.5 Å². The van der Waals surface area contributed by atoms with Gasteiger partial charge in [0.25, 0.3) is 5.91 Å². The standard InChI is InChI=1S/C12H12FNO/c1-3-8-12(13)9-6-4-5-7-10(9)14(2)11(12)15/h3-7H,1,8H2,2H3. The largest absolute Gasteiger partial charge is 0.312 e. The van der Waals surface area contributed by atoms with Crippen LogP contribution in [0.5, 0.6) is 0 Å². The summed E-state index contributed by atoms with van der Waals surface area (Å²) in [4.78, 5) is 13.1. The van der Waals surface area contributed by atoms with Gasteiger partial charge in [0.05, 0.1) is 5.69 Å². The maximum absolute atomic E-state index is 14.5. The summed E-state index contributed by atoms with van der Waals surface area (Å²) in [6, 6.07) is 6.93. The molecule has 0 N–H and O–H groups in total. The molecule has 1 heterocycles. The van der Waals surface area contributed by atoms with Crippen molar-refractivity contribution in [2.24, 2.45) is 0 Å². The Balaban J connectivity index is 2.60. The maximum atomic E-state index is 14.5. The van der Waals surface area contributed by atoms with E-state index < -0.39 is 11.6 Å². The molecule has 15 heavy (non-hydrogen) atoms. The molecule has 3 heteroatoms. The summed E-state index contributed by atoms with van der Waals surface area (Å²) < 4.78 is 14.5. The molecule has 0 saturated carbocycles. The van der Waals surface area contributed by atoms with Crippen molar-refractivity contribution in [2.45, 2.75) is 12.1 Å². The number of carbonyl (C=O) groups is 1. The molecular weight excluding hydrogens is 193 g/mol. The van der Waals surface area contributed by atoms with Gasteiger partial charge in [-0.3, -0.25) is 4.79 Å². The average Bonchev–Trinajstić information content (AvgIpc) is 2.43. The SMILES string of the molecule is C=CCC1(F)C(=O)N(C)c2ccccc21. The molecular formula is C12H12FNO. The second-order valence-corrected chi connectivity index (χ2v) is 3.68. The van der Waals surface area contributed by atoms with E-state index in [-0.39, 0.29) is 6.42 Å². The Kier molecular flexibility index (Phi) is 2.11. The third-order valence-corrected chi connectivity index (χ3v) is 2.76. The molecule has 0 saturated heterocycles. The van der Waals surface area contributed by atoms with Gasteiger partial charge in [0.1, 0.15) is 0 Å². The Morgan fingerprint density at radius 2 is 2.20 bits per heavy atom. The lowest BCUT2D eigenvalue weighted by Gasteiger charge is -2.16. The summed E-state index contributed by atoms with van der Waals surface area (Å²) in [5.41, 5.74) is -0.836. The van der Waals surface area contributed by atoms with Gasteiger partial charge in [-0.2, -0.15) is 0 Å². The first kappa shape index (κ1) is 9.90. The van der Waals surface area contributed by atoms with E-state index in [0.717, 1.165) is 0 Å². The van der Waals surface area contributed by atoms with Crippen LogP contribution in [0.2, 0.25) is 0 Å². The van der Waals surface area contributed by atoms with E-state index in [9.17, 15) is 9.18 Å². The molecule has 1 aromatic rings. The molecule has 0 radical (unpaired) electrons. The van der Waals surface area contributed by atoms with Crippen LogP contribution in [0.3, 0.4) is 0 Å². The number of para-hydroxylation sites is 1. The molecule has 0 aromatic heterocycles. The second kappa shape index (κ2) is 3.19. The molecule has 1 aliphatic heterocycles. The molecule has 78 valence electrons. The number of anilines is 1. The number of rotatable bonds is 2.